The Morgan fingerprint density at radius 1 is 1.25 bits per heavy atom. The van der Waals surface area contributed by atoms with E-state index in [9.17, 15) is 9.59 Å². The van der Waals surface area contributed by atoms with Gasteiger partial charge < -0.3 is 4.74 Å². The molecule has 20 heavy (non-hydrogen) atoms. The SMILES string of the molecule is C=CCN(C(=O)OCc1ccccc1)C(=O)C(Cl)(Cl)Cl. The molecule has 0 heterocycles. The summed E-state index contributed by atoms with van der Waals surface area (Å²) in [6.45, 7) is 3.34. The number of ether oxygens (including phenoxy) is 1. The number of carbonyl (C=O) groups excluding carboxylic acids is 2. The van der Waals surface area contributed by atoms with Crippen LogP contribution in [-0.2, 0) is 16.1 Å². The summed E-state index contributed by atoms with van der Waals surface area (Å²) in [5, 5.41) is 0. The molecule has 0 spiro atoms. The van der Waals surface area contributed by atoms with Gasteiger partial charge in [-0.15, -0.1) is 6.58 Å². The Balaban J connectivity index is 2.70. The van der Waals surface area contributed by atoms with Crippen molar-refractivity contribution in [2.45, 2.75) is 10.4 Å². The Hall–Kier alpha value is -1.23. The smallest absolute Gasteiger partial charge is 0.417 e. The minimum Gasteiger partial charge on any atom is -0.444 e. The quantitative estimate of drug-likeness (QED) is 0.622. The maximum atomic E-state index is 11.9. The number of imide groups is 1. The molecule has 1 aromatic rings. The van der Waals surface area contributed by atoms with Gasteiger partial charge in [-0.3, -0.25) is 4.79 Å². The lowest BCUT2D eigenvalue weighted by atomic mass is 10.2. The van der Waals surface area contributed by atoms with Crippen molar-refractivity contribution in [3.8, 4) is 0 Å². The van der Waals surface area contributed by atoms with Gasteiger partial charge in [0.25, 0.3) is 9.70 Å². The molecule has 0 N–H and O–H groups in total. The first-order chi connectivity index (χ1) is 9.36. The standard InChI is InChI=1S/C13H12Cl3NO3/c1-2-8-17(11(18)13(14,15)16)12(19)20-9-10-6-4-3-5-7-10/h2-7H,1,8-9H2. The lowest BCUT2D eigenvalue weighted by molar-refractivity contribution is -0.128. The van der Waals surface area contributed by atoms with E-state index in [4.69, 9.17) is 39.5 Å². The summed E-state index contributed by atoms with van der Waals surface area (Å²) in [4.78, 5) is 24.3. The van der Waals surface area contributed by atoms with Gasteiger partial charge in [0.05, 0.1) is 0 Å². The second kappa shape index (κ2) is 7.53. The van der Waals surface area contributed by atoms with Gasteiger partial charge in [0.2, 0.25) is 0 Å². The predicted octanol–water partition coefficient (Wildman–Crippen LogP) is 3.71. The van der Waals surface area contributed by atoms with Gasteiger partial charge in [-0.25, -0.2) is 9.69 Å². The largest absolute Gasteiger partial charge is 0.444 e. The molecule has 0 saturated carbocycles. The monoisotopic (exact) mass is 335 g/mol. The number of nitrogens with zero attached hydrogens (tertiary/aromatic N) is 1. The average Bonchev–Trinajstić information content (AvgIpc) is 2.41. The van der Waals surface area contributed by atoms with Crippen LogP contribution in [0.3, 0.4) is 0 Å². The van der Waals surface area contributed by atoms with Crippen molar-refractivity contribution in [3.63, 3.8) is 0 Å². The molecule has 0 fully saturated rings. The maximum absolute atomic E-state index is 11.9. The first-order valence-corrected chi connectivity index (χ1v) is 6.70. The van der Waals surface area contributed by atoms with Gasteiger partial charge in [0.15, 0.2) is 0 Å². The Bertz CT molecular complexity index is 485. The Morgan fingerprint density at radius 3 is 2.35 bits per heavy atom. The lowest BCUT2D eigenvalue weighted by Crippen LogP contribution is -2.43. The number of amides is 2. The molecule has 4 nitrogen and oxygen atoms in total. The van der Waals surface area contributed by atoms with Crippen LogP contribution in [0.5, 0.6) is 0 Å². The number of halogens is 3. The van der Waals surface area contributed by atoms with E-state index < -0.39 is 15.8 Å². The van der Waals surface area contributed by atoms with Gasteiger partial charge in [-0.2, -0.15) is 0 Å². The Kier molecular flexibility index (Phi) is 6.33. The summed E-state index contributed by atoms with van der Waals surface area (Å²) in [5.74, 6) is -0.986. The summed E-state index contributed by atoms with van der Waals surface area (Å²) in [7, 11) is 0. The average molecular weight is 337 g/mol. The van der Waals surface area contributed by atoms with Crippen LogP contribution >= 0.6 is 34.8 Å². The molecule has 0 aromatic heterocycles. The highest BCUT2D eigenvalue weighted by molar-refractivity contribution is 6.76. The summed E-state index contributed by atoms with van der Waals surface area (Å²) >= 11 is 16.4. The zero-order valence-electron chi connectivity index (χ0n) is 10.4. The van der Waals surface area contributed by atoms with Crippen molar-refractivity contribution >= 4 is 46.8 Å². The summed E-state index contributed by atoms with van der Waals surface area (Å²) in [6, 6.07) is 9.00. The fourth-order valence-corrected chi connectivity index (χ4v) is 1.63. The molecule has 0 unspecified atom stereocenters. The van der Waals surface area contributed by atoms with E-state index in [-0.39, 0.29) is 13.2 Å². The van der Waals surface area contributed by atoms with Crippen molar-refractivity contribution in [2.24, 2.45) is 0 Å². The third-order valence-corrected chi connectivity index (χ3v) is 2.71. The second-order valence-corrected chi connectivity index (χ2v) is 6.02. The van der Waals surface area contributed by atoms with Crippen LogP contribution in [0.1, 0.15) is 5.56 Å². The zero-order valence-corrected chi connectivity index (χ0v) is 12.7. The highest BCUT2D eigenvalue weighted by Crippen LogP contribution is 2.28. The van der Waals surface area contributed by atoms with E-state index in [2.05, 4.69) is 6.58 Å². The molecule has 0 saturated heterocycles. The van der Waals surface area contributed by atoms with E-state index >= 15 is 0 Å². The van der Waals surface area contributed by atoms with E-state index in [0.29, 0.717) is 4.90 Å². The molecule has 1 aromatic carbocycles. The molecular formula is C13H12Cl3NO3. The molecule has 0 atom stereocenters. The van der Waals surface area contributed by atoms with Crippen molar-refractivity contribution in [1.29, 1.82) is 0 Å². The molecule has 0 aliphatic rings. The maximum Gasteiger partial charge on any atom is 0.417 e. The van der Waals surface area contributed by atoms with Crippen molar-refractivity contribution in [3.05, 3.63) is 48.6 Å². The molecular weight excluding hydrogens is 325 g/mol. The minimum absolute atomic E-state index is 0.0143. The Morgan fingerprint density at radius 2 is 1.85 bits per heavy atom. The number of benzene rings is 1. The third-order valence-electron chi connectivity index (χ3n) is 2.22. The van der Waals surface area contributed by atoms with Crippen LogP contribution in [0.4, 0.5) is 4.79 Å². The highest BCUT2D eigenvalue weighted by atomic mass is 35.6. The van der Waals surface area contributed by atoms with Gasteiger partial charge >= 0.3 is 6.09 Å². The zero-order chi connectivity index (χ0) is 15.2. The fourth-order valence-electron chi connectivity index (χ4n) is 1.32. The number of alkyl halides is 3. The van der Waals surface area contributed by atoms with Crippen molar-refractivity contribution in [2.75, 3.05) is 6.54 Å². The topological polar surface area (TPSA) is 46.6 Å². The fraction of sp³-hybridized carbons (Fsp3) is 0.231. The lowest BCUT2D eigenvalue weighted by Gasteiger charge is -2.22. The normalized spacial score (nSPS) is 10.8. The molecule has 0 aliphatic heterocycles. The van der Waals surface area contributed by atoms with Crippen LogP contribution in [0.25, 0.3) is 0 Å². The van der Waals surface area contributed by atoms with Gasteiger partial charge in [0.1, 0.15) is 6.61 Å². The Labute approximate surface area is 131 Å². The van der Waals surface area contributed by atoms with E-state index in [0.717, 1.165) is 5.56 Å². The van der Waals surface area contributed by atoms with Gasteiger partial charge in [-0.1, -0.05) is 71.2 Å². The second-order valence-electron chi connectivity index (χ2n) is 3.74. The van der Waals surface area contributed by atoms with E-state index in [1.165, 1.54) is 6.08 Å². The summed E-state index contributed by atoms with van der Waals surface area (Å²) < 4.78 is 2.77. The molecule has 0 radical (unpaired) electrons. The van der Waals surface area contributed by atoms with Crippen LogP contribution in [0, 0.1) is 0 Å². The number of rotatable bonds is 4. The van der Waals surface area contributed by atoms with Crippen molar-refractivity contribution in [1.82, 2.24) is 4.90 Å². The first kappa shape index (κ1) is 16.8. The molecule has 0 bridgehead atoms. The number of hydrogen-bond donors (Lipinski definition) is 0. The summed E-state index contributed by atoms with van der Waals surface area (Å²) in [5.41, 5.74) is 0.778. The van der Waals surface area contributed by atoms with Gasteiger partial charge in [0, 0.05) is 6.54 Å². The first-order valence-electron chi connectivity index (χ1n) is 5.56. The third kappa shape index (κ3) is 5.04. The predicted molar refractivity (Wildman–Crippen MR) is 78.8 cm³/mol. The molecule has 108 valence electrons. The van der Waals surface area contributed by atoms with Crippen LogP contribution in [-0.4, -0.2) is 27.2 Å². The molecule has 1 rings (SSSR count). The van der Waals surface area contributed by atoms with E-state index in [1.54, 1.807) is 24.3 Å². The van der Waals surface area contributed by atoms with Gasteiger partial charge in [-0.05, 0) is 5.56 Å². The minimum atomic E-state index is -2.23. The number of carbonyl (C=O) groups is 2. The number of hydrogen-bond acceptors (Lipinski definition) is 3. The molecule has 7 heteroatoms. The van der Waals surface area contributed by atoms with E-state index in [1.807, 2.05) is 6.07 Å². The van der Waals surface area contributed by atoms with Crippen LogP contribution < -0.4 is 0 Å². The van der Waals surface area contributed by atoms with Crippen LogP contribution in [0.15, 0.2) is 43.0 Å². The highest BCUT2D eigenvalue weighted by Gasteiger charge is 2.38. The van der Waals surface area contributed by atoms with Crippen LogP contribution in [0.2, 0.25) is 0 Å². The molecule has 2 amide bonds. The molecule has 0 aliphatic carbocycles. The summed E-state index contributed by atoms with van der Waals surface area (Å²) in [6.07, 6.45) is 0.433. The van der Waals surface area contributed by atoms with Crippen molar-refractivity contribution < 1.29 is 14.3 Å².